The van der Waals surface area contributed by atoms with Crippen LogP contribution < -0.4 is 14.2 Å². The number of methoxy groups -OCH3 is 1. The van der Waals surface area contributed by atoms with Gasteiger partial charge >= 0.3 is 0 Å². The van der Waals surface area contributed by atoms with Crippen molar-refractivity contribution >= 4 is 6.29 Å². The first-order chi connectivity index (χ1) is 9.83. The average Bonchev–Trinajstić information content (AvgIpc) is 2.52. The predicted molar refractivity (Wildman–Crippen MR) is 75.8 cm³/mol. The molecule has 0 aliphatic carbocycles. The number of carbonyl (C=O) groups excluding carboxylic acids is 1. The van der Waals surface area contributed by atoms with E-state index in [0.717, 1.165) is 6.29 Å². The highest BCUT2D eigenvalue weighted by atomic mass is 16.5. The van der Waals surface area contributed by atoms with Crippen LogP contribution in [0, 0.1) is 0 Å². The first-order valence-electron chi connectivity index (χ1n) is 6.27. The molecule has 0 heterocycles. The van der Waals surface area contributed by atoms with Crippen LogP contribution in [-0.2, 0) is 0 Å². The number of para-hydroxylation sites is 2. The molecular weight excluding hydrogens is 256 g/mol. The van der Waals surface area contributed by atoms with Gasteiger partial charge in [0.1, 0.15) is 25.2 Å². The number of ether oxygens (including phenoxy) is 3. The minimum Gasteiger partial charge on any atom is -0.493 e. The van der Waals surface area contributed by atoms with Crippen molar-refractivity contribution in [2.75, 3.05) is 20.3 Å². The predicted octanol–water partition coefficient (Wildman–Crippen LogP) is 2.97. The standard InChI is InChI=1S/C16H16O4/c1-18-15-7-2-3-8-16(15)20-10-9-19-14-6-4-5-13(11-14)12-17/h2-8,11-12H,9-10H2,1H3. The summed E-state index contributed by atoms with van der Waals surface area (Å²) in [5.41, 5.74) is 0.591. The van der Waals surface area contributed by atoms with Crippen LogP contribution in [0.4, 0.5) is 0 Å². The summed E-state index contributed by atoms with van der Waals surface area (Å²) >= 11 is 0. The Hall–Kier alpha value is -2.49. The molecule has 104 valence electrons. The lowest BCUT2D eigenvalue weighted by Gasteiger charge is -2.11. The highest BCUT2D eigenvalue weighted by Gasteiger charge is 2.02. The molecule has 0 aliphatic rings. The molecule has 4 nitrogen and oxygen atoms in total. The van der Waals surface area contributed by atoms with Crippen molar-refractivity contribution in [3.8, 4) is 17.2 Å². The van der Waals surface area contributed by atoms with Crippen LogP contribution in [0.25, 0.3) is 0 Å². The van der Waals surface area contributed by atoms with Gasteiger partial charge in [0.15, 0.2) is 11.5 Å². The van der Waals surface area contributed by atoms with Gasteiger partial charge in [0.05, 0.1) is 7.11 Å². The molecule has 20 heavy (non-hydrogen) atoms. The van der Waals surface area contributed by atoms with Crippen LogP contribution in [0.3, 0.4) is 0 Å². The number of rotatable bonds is 7. The van der Waals surface area contributed by atoms with Gasteiger partial charge in [0.25, 0.3) is 0 Å². The van der Waals surface area contributed by atoms with Gasteiger partial charge in [-0.1, -0.05) is 24.3 Å². The van der Waals surface area contributed by atoms with E-state index in [2.05, 4.69) is 0 Å². The number of benzene rings is 2. The van der Waals surface area contributed by atoms with Gasteiger partial charge in [0, 0.05) is 5.56 Å². The maximum atomic E-state index is 10.7. The number of carbonyl (C=O) groups is 1. The fraction of sp³-hybridized carbons (Fsp3) is 0.188. The molecule has 0 saturated carbocycles. The van der Waals surface area contributed by atoms with Crippen molar-refractivity contribution in [3.05, 3.63) is 54.1 Å². The van der Waals surface area contributed by atoms with Crippen molar-refractivity contribution < 1.29 is 19.0 Å². The van der Waals surface area contributed by atoms with Gasteiger partial charge in [-0.05, 0) is 24.3 Å². The Kier molecular flexibility index (Phi) is 5.00. The van der Waals surface area contributed by atoms with Gasteiger partial charge in [0.2, 0.25) is 0 Å². The summed E-state index contributed by atoms with van der Waals surface area (Å²) in [6.45, 7) is 0.784. The molecule has 4 heteroatoms. The van der Waals surface area contributed by atoms with Gasteiger partial charge in [-0.3, -0.25) is 4.79 Å². The Morgan fingerprint density at radius 1 is 0.950 bits per heavy atom. The Bertz CT molecular complexity index is 566. The van der Waals surface area contributed by atoms with E-state index in [1.54, 1.807) is 31.4 Å². The smallest absolute Gasteiger partial charge is 0.161 e. The fourth-order valence-electron chi connectivity index (χ4n) is 1.73. The monoisotopic (exact) mass is 272 g/mol. The molecule has 0 unspecified atom stereocenters. The summed E-state index contributed by atoms with van der Waals surface area (Å²) in [5, 5.41) is 0. The minimum absolute atomic E-state index is 0.389. The Morgan fingerprint density at radius 3 is 2.45 bits per heavy atom. The SMILES string of the molecule is COc1ccccc1OCCOc1cccc(C=O)c1. The second kappa shape index (κ2) is 7.19. The quantitative estimate of drug-likeness (QED) is 0.574. The maximum Gasteiger partial charge on any atom is 0.161 e. The zero-order chi connectivity index (χ0) is 14.2. The van der Waals surface area contributed by atoms with Crippen LogP contribution in [0.5, 0.6) is 17.2 Å². The third-order valence-corrected chi connectivity index (χ3v) is 2.67. The molecule has 2 aromatic carbocycles. The molecule has 0 amide bonds. The van der Waals surface area contributed by atoms with E-state index in [1.165, 1.54) is 0 Å². The zero-order valence-corrected chi connectivity index (χ0v) is 11.2. The Balaban J connectivity index is 1.82. The van der Waals surface area contributed by atoms with E-state index in [-0.39, 0.29) is 0 Å². The summed E-state index contributed by atoms with van der Waals surface area (Å²) < 4.78 is 16.3. The Morgan fingerprint density at radius 2 is 1.70 bits per heavy atom. The topological polar surface area (TPSA) is 44.8 Å². The third kappa shape index (κ3) is 3.75. The number of hydrogen-bond donors (Lipinski definition) is 0. The van der Waals surface area contributed by atoms with E-state index in [4.69, 9.17) is 14.2 Å². The molecular formula is C16H16O4. The highest BCUT2D eigenvalue weighted by Crippen LogP contribution is 2.25. The van der Waals surface area contributed by atoms with Gasteiger partial charge in [-0.15, -0.1) is 0 Å². The molecule has 2 aromatic rings. The van der Waals surface area contributed by atoms with Crippen molar-refractivity contribution in [1.29, 1.82) is 0 Å². The molecule has 0 atom stereocenters. The second-order valence-electron chi connectivity index (χ2n) is 4.04. The maximum absolute atomic E-state index is 10.7. The fourth-order valence-corrected chi connectivity index (χ4v) is 1.73. The lowest BCUT2D eigenvalue weighted by Crippen LogP contribution is -2.09. The van der Waals surface area contributed by atoms with Gasteiger partial charge in [-0.2, -0.15) is 0 Å². The van der Waals surface area contributed by atoms with E-state index in [0.29, 0.717) is 36.0 Å². The number of hydrogen-bond acceptors (Lipinski definition) is 4. The molecule has 0 fully saturated rings. The molecule has 2 rings (SSSR count). The zero-order valence-electron chi connectivity index (χ0n) is 11.2. The van der Waals surface area contributed by atoms with Crippen molar-refractivity contribution in [2.45, 2.75) is 0 Å². The molecule has 0 N–H and O–H groups in total. The summed E-state index contributed by atoms with van der Waals surface area (Å²) in [4.78, 5) is 10.7. The first kappa shape index (κ1) is 13.9. The Labute approximate surface area is 117 Å². The molecule has 0 radical (unpaired) electrons. The van der Waals surface area contributed by atoms with Gasteiger partial charge < -0.3 is 14.2 Å². The van der Waals surface area contributed by atoms with Crippen LogP contribution in [0.15, 0.2) is 48.5 Å². The minimum atomic E-state index is 0.389. The van der Waals surface area contributed by atoms with E-state index >= 15 is 0 Å². The summed E-state index contributed by atoms with van der Waals surface area (Å²) in [6, 6.07) is 14.4. The molecule has 0 aliphatic heterocycles. The lowest BCUT2D eigenvalue weighted by atomic mass is 10.2. The van der Waals surface area contributed by atoms with E-state index in [9.17, 15) is 4.79 Å². The van der Waals surface area contributed by atoms with Crippen LogP contribution in [-0.4, -0.2) is 26.6 Å². The lowest BCUT2D eigenvalue weighted by molar-refractivity contribution is 0.112. The molecule has 0 aromatic heterocycles. The van der Waals surface area contributed by atoms with E-state index < -0.39 is 0 Å². The average molecular weight is 272 g/mol. The second-order valence-corrected chi connectivity index (χ2v) is 4.04. The summed E-state index contributed by atoms with van der Waals surface area (Å²) in [7, 11) is 1.60. The summed E-state index contributed by atoms with van der Waals surface area (Å²) in [5.74, 6) is 2.02. The van der Waals surface area contributed by atoms with Crippen molar-refractivity contribution in [1.82, 2.24) is 0 Å². The van der Waals surface area contributed by atoms with Crippen molar-refractivity contribution in [3.63, 3.8) is 0 Å². The highest BCUT2D eigenvalue weighted by molar-refractivity contribution is 5.75. The largest absolute Gasteiger partial charge is 0.493 e. The molecule has 0 spiro atoms. The van der Waals surface area contributed by atoms with Crippen LogP contribution >= 0.6 is 0 Å². The third-order valence-electron chi connectivity index (χ3n) is 2.67. The van der Waals surface area contributed by atoms with E-state index in [1.807, 2.05) is 24.3 Å². The molecule has 0 bridgehead atoms. The first-order valence-corrected chi connectivity index (χ1v) is 6.27. The normalized spacial score (nSPS) is 9.85. The van der Waals surface area contributed by atoms with Crippen LogP contribution in [0.2, 0.25) is 0 Å². The summed E-state index contributed by atoms with van der Waals surface area (Å²) in [6.07, 6.45) is 0.790. The molecule has 0 saturated heterocycles. The van der Waals surface area contributed by atoms with Gasteiger partial charge in [-0.25, -0.2) is 0 Å². The number of aldehydes is 1. The van der Waals surface area contributed by atoms with Crippen molar-refractivity contribution in [2.24, 2.45) is 0 Å². The van der Waals surface area contributed by atoms with Crippen LogP contribution in [0.1, 0.15) is 10.4 Å².